The third-order valence-electron chi connectivity index (χ3n) is 4.25. The number of carbonyl (C=O) groups is 1. The highest BCUT2D eigenvalue weighted by Crippen LogP contribution is 2.21. The van der Waals surface area contributed by atoms with E-state index in [9.17, 15) is 13.2 Å². The van der Waals surface area contributed by atoms with Crippen molar-refractivity contribution in [1.29, 1.82) is 0 Å². The largest absolute Gasteiger partial charge is 0.448 e. The lowest BCUT2D eigenvalue weighted by molar-refractivity contribution is 0.157. The van der Waals surface area contributed by atoms with Crippen molar-refractivity contribution in [3.63, 3.8) is 0 Å². The fourth-order valence-corrected chi connectivity index (χ4v) is 3.82. The Morgan fingerprint density at radius 2 is 1.88 bits per heavy atom. The van der Waals surface area contributed by atoms with Gasteiger partial charge in [-0.1, -0.05) is 38.1 Å². The summed E-state index contributed by atoms with van der Waals surface area (Å²) in [4.78, 5) is 13.3. The lowest BCUT2D eigenvalue weighted by Crippen LogP contribution is -2.23. The molecule has 0 bridgehead atoms. The highest BCUT2D eigenvalue weighted by atomic mass is 32.2. The minimum atomic E-state index is -3.67. The Morgan fingerprint density at radius 1 is 1.15 bits per heavy atom. The predicted octanol–water partition coefficient (Wildman–Crippen LogP) is 3.56. The molecule has 1 saturated heterocycles. The molecule has 26 heavy (non-hydrogen) atoms. The van der Waals surface area contributed by atoms with Gasteiger partial charge in [0.25, 0.3) is 10.0 Å². The lowest BCUT2D eigenvalue weighted by Gasteiger charge is -2.14. The summed E-state index contributed by atoms with van der Waals surface area (Å²) < 4.78 is 32.7. The van der Waals surface area contributed by atoms with Crippen LogP contribution in [0.25, 0.3) is 0 Å². The molecule has 0 spiro atoms. The molecule has 0 saturated carbocycles. The van der Waals surface area contributed by atoms with Crippen molar-refractivity contribution in [2.45, 2.75) is 31.2 Å². The number of hydrogen-bond donors (Lipinski definition) is 1. The van der Waals surface area contributed by atoms with Crippen LogP contribution in [-0.4, -0.2) is 32.6 Å². The van der Waals surface area contributed by atoms with Gasteiger partial charge in [-0.3, -0.25) is 4.72 Å². The first-order chi connectivity index (χ1) is 12.3. The highest BCUT2D eigenvalue weighted by molar-refractivity contribution is 7.92. The summed E-state index contributed by atoms with van der Waals surface area (Å²) in [5, 5.41) is 0. The molecule has 1 aliphatic rings. The van der Waals surface area contributed by atoms with Gasteiger partial charge < -0.3 is 9.64 Å². The normalized spacial score (nSPS) is 14.6. The van der Waals surface area contributed by atoms with Crippen LogP contribution in [0.3, 0.4) is 0 Å². The molecule has 7 heteroatoms. The number of sulfonamides is 1. The fraction of sp³-hybridized carbons (Fsp3) is 0.316. The van der Waals surface area contributed by atoms with Gasteiger partial charge in [-0.05, 0) is 41.3 Å². The molecule has 2 aromatic rings. The van der Waals surface area contributed by atoms with Gasteiger partial charge in [0.2, 0.25) is 0 Å². The second-order valence-corrected chi connectivity index (χ2v) is 8.25. The van der Waals surface area contributed by atoms with Gasteiger partial charge >= 0.3 is 6.09 Å². The Balaban J connectivity index is 1.75. The van der Waals surface area contributed by atoms with Gasteiger partial charge in [-0.25, -0.2) is 13.2 Å². The summed E-state index contributed by atoms with van der Waals surface area (Å²) in [7, 11) is -3.67. The molecule has 1 fully saturated rings. The molecule has 0 aromatic heterocycles. The first kappa shape index (κ1) is 18.3. The van der Waals surface area contributed by atoms with Crippen LogP contribution in [-0.2, 0) is 21.3 Å². The number of nitrogens with zero attached hydrogens (tertiary/aromatic N) is 1. The average molecular weight is 374 g/mol. The number of benzene rings is 2. The van der Waals surface area contributed by atoms with Gasteiger partial charge in [0, 0.05) is 12.2 Å². The first-order valence-corrected chi connectivity index (χ1v) is 9.97. The second kappa shape index (κ2) is 7.37. The van der Waals surface area contributed by atoms with Crippen LogP contribution in [0.15, 0.2) is 53.4 Å². The maximum atomic E-state index is 12.6. The third-order valence-corrected chi connectivity index (χ3v) is 5.65. The van der Waals surface area contributed by atoms with Crippen LogP contribution in [0, 0.1) is 0 Å². The minimum absolute atomic E-state index is 0.218. The molecule has 2 aromatic carbocycles. The zero-order valence-corrected chi connectivity index (χ0v) is 15.6. The predicted molar refractivity (Wildman–Crippen MR) is 99.5 cm³/mol. The van der Waals surface area contributed by atoms with E-state index >= 15 is 0 Å². The van der Waals surface area contributed by atoms with E-state index in [-0.39, 0.29) is 11.0 Å². The van der Waals surface area contributed by atoms with E-state index in [0.29, 0.717) is 31.3 Å². The summed E-state index contributed by atoms with van der Waals surface area (Å²) in [5.74, 6) is 0.341. The first-order valence-electron chi connectivity index (χ1n) is 8.48. The zero-order valence-electron chi connectivity index (χ0n) is 14.8. The van der Waals surface area contributed by atoms with E-state index in [4.69, 9.17) is 4.74 Å². The second-order valence-electron chi connectivity index (χ2n) is 6.57. The van der Waals surface area contributed by atoms with Crippen LogP contribution in [0.5, 0.6) is 0 Å². The Kier molecular flexibility index (Phi) is 5.18. The van der Waals surface area contributed by atoms with E-state index in [0.717, 1.165) is 11.1 Å². The SMILES string of the molecule is CC(C)c1ccc(S(=O)(=O)Nc2cccc(CN3CCOC3=O)c2)cc1. The Bertz CT molecular complexity index is 892. The monoisotopic (exact) mass is 374 g/mol. The maximum absolute atomic E-state index is 12.6. The quantitative estimate of drug-likeness (QED) is 0.839. The van der Waals surface area contributed by atoms with Crippen molar-refractivity contribution in [1.82, 2.24) is 4.90 Å². The van der Waals surface area contributed by atoms with Gasteiger partial charge in [-0.2, -0.15) is 0 Å². The smallest absolute Gasteiger partial charge is 0.410 e. The number of carbonyl (C=O) groups excluding carboxylic acids is 1. The molecule has 1 aliphatic heterocycles. The van der Waals surface area contributed by atoms with E-state index < -0.39 is 10.0 Å². The standard InChI is InChI=1S/C19H22N2O4S/c1-14(2)16-6-8-18(9-7-16)26(23,24)20-17-5-3-4-15(12-17)13-21-10-11-25-19(21)22/h3-9,12,14,20H,10-11,13H2,1-2H3. The van der Waals surface area contributed by atoms with Crippen LogP contribution < -0.4 is 4.72 Å². The summed E-state index contributed by atoms with van der Waals surface area (Å²) in [5.41, 5.74) is 2.38. The minimum Gasteiger partial charge on any atom is -0.448 e. The molecule has 138 valence electrons. The van der Waals surface area contributed by atoms with Crippen molar-refractivity contribution in [2.24, 2.45) is 0 Å². The van der Waals surface area contributed by atoms with Crippen molar-refractivity contribution >= 4 is 21.8 Å². The number of anilines is 1. The Morgan fingerprint density at radius 3 is 2.50 bits per heavy atom. The van der Waals surface area contributed by atoms with Gasteiger partial charge in [-0.15, -0.1) is 0 Å². The van der Waals surface area contributed by atoms with E-state index in [1.807, 2.05) is 18.2 Å². The van der Waals surface area contributed by atoms with Gasteiger partial charge in [0.05, 0.1) is 11.4 Å². The van der Waals surface area contributed by atoms with Crippen LogP contribution in [0.4, 0.5) is 10.5 Å². The lowest BCUT2D eigenvalue weighted by atomic mass is 10.0. The molecule has 3 rings (SSSR count). The number of ether oxygens (including phenoxy) is 1. The summed E-state index contributed by atoms with van der Waals surface area (Å²) >= 11 is 0. The molecule has 0 radical (unpaired) electrons. The number of hydrogen-bond acceptors (Lipinski definition) is 4. The zero-order chi connectivity index (χ0) is 18.7. The molecule has 6 nitrogen and oxygen atoms in total. The highest BCUT2D eigenvalue weighted by Gasteiger charge is 2.22. The molecule has 0 unspecified atom stereocenters. The van der Waals surface area contributed by atoms with Crippen LogP contribution in [0.2, 0.25) is 0 Å². The van der Waals surface area contributed by atoms with E-state index in [2.05, 4.69) is 18.6 Å². The number of cyclic esters (lactones) is 1. The Hall–Kier alpha value is -2.54. The average Bonchev–Trinajstić information content (AvgIpc) is 3.00. The molecule has 0 atom stereocenters. The van der Waals surface area contributed by atoms with Crippen molar-refractivity contribution in [3.05, 3.63) is 59.7 Å². The van der Waals surface area contributed by atoms with E-state index in [1.165, 1.54) is 0 Å². The molecule has 1 heterocycles. The number of amides is 1. The molecule has 1 amide bonds. The van der Waals surface area contributed by atoms with Gasteiger partial charge in [0.15, 0.2) is 0 Å². The van der Waals surface area contributed by atoms with Crippen LogP contribution >= 0.6 is 0 Å². The fourth-order valence-electron chi connectivity index (χ4n) is 2.77. The Labute approximate surface area is 153 Å². The van der Waals surface area contributed by atoms with E-state index in [1.54, 1.807) is 35.2 Å². The topological polar surface area (TPSA) is 75.7 Å². The van der Waals surface area contributed by atoms with Crippen molar-refractivity contribution in [3.8, 4) is 0 Å². The van der Waals surface area contributed by atoms with Crippen molar-refractivity contribution < 1.29 is 17.9 Å². The third kappa shape index (κ3) is 4.16. The number of nitrogens with one attached hydrogen (secondary N) is 1. The summed E-state index contributed by atoms with van der Waals surface area (Å²) in [6.45, 7) is 5.43. The summed E-state index contributed by atoms with van der Waals surface area (Å²) in [6.07, 6.45) is -0.346. The molecular weight excluding hydrogens is 352 g/mol. The molecule has 1 N–H and O–H groups in total. The van der Waals surface area contributed by atoms with Gasteiger partial charge in [0.1, 0.15) is 6.61 Å². The molecular formula is C19H22N2O4S. The maximum Gasteiger partial charge on any atom is 0.410 e. The summed E-state index contributed by atoms with van der Waals surface area (Å²) in [6, 6.07) is 13.9. The van der Waals surface area contributed by atoms with Crippen LogP contribution in [0.1, 0.15) is 30.9 Å². The number of rotatable bonds is 6. The molecule has 0 aliphatic carbocycles. The van der Waals surface area contributed by atoms with Crippen molar-refractivity contribution in [2.75, 3.05) is 17.9 Å².